The second kappa shape index (κ2) is 4.81. The Morgan fingerprint density at radius 3 is 2.65 bits per heavy atom. The van der Waals surface area contributed by atoms with Crippen LogP contribution in [-0.2, 0) is 6.54 Å². The highest BCUT2D eigenvalue weighted by molar-refractivity contribution is 5.02. The van der Waals surface area contributed by atoms with Crippen LogP contribution in [0.4, 0.5) is 0 Å². The van der Waals surface area contributed by atoms with E-state index in [0.29, 0.717) is 0 Å². The first-order valence-corrected chi connectivity index (χ1v) is 7.07. The van der Waals surface area contributed by atoms with E-state index in [4.69, 9.17) is 0 Å². The summed E-state index contributed by atoms with van der Waals surface area (Å²) in [5, 5.41) is 10.5. The standard InChI is InChI=1S/C14H23N3/c1-2-6-14(5-1)7-3-13(4-8-14)15-9-12-10-16-17-11-12/h10-11,13,15H,1-9H2,(H,16,17). The van der Waals surface area contributed by atoms with Crippen LogP contribution in [0.3, 0.4) is 0 Å². The Balaban J connectivity index is 1.45. The summed E-state index contributed by atoms with van der Waals surface area (Å²) in [6.07, 6.45) is 15.5. The van der Waals surface area contributed by atoms with E-state index < -0.39 is 0 Å². The van der Waals surface area contributed by atoms with Gasteiger partial charge in [0.05, 0.1) is 6.20 Å². The molecule has 94 valence electrons. The summed E-state index contributed by atoms with van der Waals surface area (Å²) in [6.45, 7) is 0.966. The monoisotopic (exact) mass is 233 g/mol. The predicted molar refractivity (Wildman–Crippen MR) is 68.6 cm³/mol. The van der Waals surface area contributed by atoms with Gasteiger partial charge in [-0.3, -0.25) is 5.10 Å². The fourth-order valence-electron chi connectivity index (χ4n) is 3.70. The molecule has 0 aromatic carbocycles. The number of nitrogens with zero attached hydrogens (tertiary/aromatic N) is 1. The highest BCUT2D eigenvalue weighted by atomic mass is 15.1. The molecule has 0 atom stereocenters. The Morgan fingerprint density at radius 2 is 2.00 bits per heavy atom. The largest absolute Gasteiger partial charge is 0.310 e. The molecule has 2 aliphatic carbocycles. The zero-order valence-electron chi connectivity index (χ0n) is 10.5. The highest BCUT2D eigenvalue weighted by Crippen LogP contribution is 2.48. The van der Waals surface area contributed by atoms with Gasteiger partial charge in [0.25, 0.3) is 0 Å². The SMILES string of the molecule is c1n[nH]cc1CNC1CCC2(CCCC2)CC1. The fourth-order valence-corrected chi connectivity index (χ4v) is 3.70. The van der Waals surface area contributed by atoms with Crippen molar-refractivity contribution in [2.24, 2.45) is 5.41 Å². The van der Waals surface area contributed by atoms with Crippen molar-refractivity contribution in [3.05, 3.63) is 18.0 Å². The van der Waals surface area contributed by atoms with Gasteiger partial charge in [-0.25, -0.2) is 0 Å². The van der Waals surface area contributed by atoms with Gasteiger partial charge in [0.15, 0.2) is 0 Å². The summed E-state index contributed by atoms with van der Waals surface area (Å²) >= 11 is 0. The molecule has 1 aromatic heterocycles. The Bertz CT molecular complexity index is 328. The number of aromatic amines is 1. The van der Waals surface area contributed by atoms with E-state index in [0.717, 1.165) is 18.0 Å². The topological polar surface area (TPSA) is 40.7 Å². The van der Waals surface area contributed by atoms with Crippen LogP contribution in [0.1, 0.15) is 56.9 Å². The van der Waals surface area contributed by atoms with Gasteiger partial charge in [-0.2, -0.15) is 5.10 Å². The van der Waals surface area contributed by atoms with Gasteiger partial charge < -0.3 is 5.32 Å². The van der Waals surface area contributed by atoms with Crippen LogP contribution < -0.4 is 5.32 Å². The first kappa shape index (κ1) is 11.3. The lowest BCUT2D eigenvalue weighted by Crippen LogP contribution is -2.36. The summed E-state index contributed by atoms with van der Waals surface area (Å²) < 4.78 is 0. The van der Waals surface area contributed by atoms with Crippen molar-refractivity contribution in [1.82, 2.24) is 15.5 Å². The average molecular weight is 233 g/mol. The van der Waals surface area contributed by atoms with Crippen LogP contribution in [0, 0.1) is 5.41 Å². The lowest BCUT2D eigenvalue weighted by molar-refractivity contribution is 0.168. The van der Waals surface area contributed by atoms with E-state index in [9.17, 15) is 0 Å². The van der Waals surface area contributed by atoms with Crippen LogP contribution in [0.15, 0.2) is 12.4 Å². The van der Waals surface area contributed by atoms with E-state index in [1.54, 1.807) is 0 Å². The van der Waals surface area contributed by atoms with Gasteiger partial charge in [0.1, 0.15) is 0 Å². The average Bonchev–Trinajstić information content (AvgIpc) is 3.01. The Hall–Kier alpha value is -0.830. The van der Waals surface area contributed by atoms with Gasteiger partial charge in [0.2, 0.25) is 0 Å². The maximum absolute atomic E-state index is 3.98. The van der Waals surface area contributed by atoms with Gasteiger partial charge in [-0.05, 0) is 43.9 Å². The molecular weight excluding hydrogens is 210 g/mol. The van der Waals surface area contributed by atoms with Crippen molar-refractivity contribution in [1.29, 1.82) is 0 Å². The molecule has 3 nitrogen and oxygen atoms in total. The Kier molecular flexibility index (Phi) is 3.19. The third-order valence-corrected chi connectivity index (χ3v) is 4.86. The lowest BCUT2D eigenvalue weighted by atomic mass is 9.71. The number of aromatic nitrogens is 2. The molecule has 0 radical (unpaired) electrons. The molecule has 0 saturated heterocycles. The van der Waals surface area contributed by atoms with Crippen LogP contribution in [0.2, 0.25) is 0 Å². The lowest BCUT2D eigenvalue weighted by Gasteiger charge is -2.37. The maximum Gasteiger partial charge on any atom is 0.0532 e. The van der Waals surface area contributed by atoms with E-state index in [1.807, 2.05) is 12.4 Å². The van der Waals surface area contributed by atoms with Gasteiger partial charge in [-0.15, -0.1) is 0 Å². The second-order valence-corrected chi connectivity index (χ2v) is 5.97. The number of H-pyrrole nitrogens is 1. The summed E-state index contributed by atoms with van der Waals surface area (Å²) in [5.74, 6) is 0. The molecule has 0 bridgehead atoms. The number of hydrogen-bond donors (Lipinski definition) is 2. The number of hydrogen-bond acceptors (Lipinski definition) is 2. The predicted octanol–water partition coefficient (Wildman–Crippen LogP) is 3.00. The van der Waals surface area contributed by atoms with Crippen molar-refractivity contribution < 1.29 is 0 Å². The van der Waals surface area contributed by atoms with Crippen LogP contribution in [0.5, 0.6) is 0 Å². The number of nitrogens with one attached hydrogen (secondary N) is 2. The van der Waals surface area contributed by atoms with Crippen LogP contribution >= 0.6 is 0 Å². The van der Waals surface area contributed by atoms with Crippen LogP contribution in [-0.4, -0.2) is 16.2 Å². The summed E-state index contributed by atoms with van der Waals surface area (Å²) in [7, 11) is 0. The van der Waals surface area contributed by atoms with Gasteiger partial charge in [0, 0.05) is 24.3 Å². The smallest absolute Gasteiger partial charge is 0.0532 e. The second-order valence-electron chi connectivity index (χ2n) is 5.97. The highest BCUT2D eigenvalue weighted by Gasteiger charge is 2.37. The normalized spacial score (nSPS) is 24.5. The fraction of sp³-hybridized carbons (Fsp3) is 0.786. The van der Waals surface area contributed by atoms with Gasteiger partial charge in [-0.1, -0.05) is 12.8 Å². The molecule has 0 aliphatic heterocycles. The summed E-state index contributed by atoms with van der Waals surface area (Å²) in [6, 6.07) is 0.733. The molecule has 0 unspecified atom stereocenters. The van der Waals surface area contributed by atoms with E-state index in [2.05, 4.69) is 15.5 Å². The minimum Gasteiger partial charge on any atom is -0.310 e. The van der Waals surface area contributed by atoms with Crippen molar-refractivity contribution in [2.75, 3.05) is 0 Å². The number of rotatable bonds is 3. The maximum atomic E-state index is 3.98. The molecule has 1 heterocycles. The molecule has 1 aromatic rings. The molecule has 2 aliphatic rings. The molecular formula is C14H23N3. The molecule has 2 saturated carbocycles. The zero-order valence-corrected chi connectivity index (χ0v) is 10.5. The quantitative estimate of drug-likeness (QED) is 0.842. The van der Waals surface area contributed by atoms with Crippen molar-refractivity contribution in [3.63, 3.8) is 0 Å². The van der Waals surface area contributed by atoms with Crippen molar-refractivity contribution in [2.45, 2.75) is 64.0 Å². The molecule has 17 heavy (non-hydrogen) atoms. The molecule has 3 heteroatoms. The third-order valence-electron chi connectivity index (χ3n) is 4.86. The van der Waals surface area contributed by atoms with Crippen LogP contribution in [0.25, 0.3) is 0 Å². The third kappa shape index (κ3) is 2.54. The van der Waals surface area contributed by atoms with Gasteiger partial charge >= 0.3 is 0 Å². The summed E-state index contributed by atoms with van der Waals surface area (Å²) in [5.41, 5.74) is 2.03. The first-order chi connectivity index (χ1) is 8.36. The molecule has 2 N–H and O–H groups in total. The first-order valence-electron chi connectivity index (χ1n) is 7.07. The van der Waals surface area contributed by atoms with Crippen molar-refractivity contribution in [3.8, 4) is 0 Å². The zero-order chi connectivity index (χ0) is 11.6. The molecule has 3 rings (SSSR count). The minimum atomic E-state index is 0.733. The van der Waals surface area contributed by atoms with E-state index >= 15 is 0 Å². The minimum absolute atomic E-state index is 0.733. The Morgan fingerprint density at radius 1 is 1.24 bits per heavy atom. The Labute approximate surface area is 103 Å². The van der Waals surface area contributed by atoms with E-state index in [-0.39, 0.29) is 0 Å². The molecule has 1 spiro atoms. The molecule has 0 amide bonds. The summed E-state index contributed by atoms with van der Waals surface area (Å²) in [4.78, 5) is 0. The van der Waals surface area contributed by atoms with Crippen molar-refractivity contribution >= 4 is 0 Å². The van der Waals surface area contributed by atoms with E-state index in [1.165, 1.54) is 56.9 Å². The molecule has 2 fully saturated rings.